The van der Waals surface area contributed by atoms with E-state index in [9.17, 15) is 14.4 Å². The fourth-order valence-corrected chi connectivity index (χ4v) is 6.89. The number of benzene rings is 1. The summed E-state index contributed by atoms with van der Waals surface area (Å²) >= 11 is 1.62. The van der Waals surface area contributed by atoms with Gasteiger partial charge in [0.25, 0.3) is 0 Å². The zero-order valence-electron chi connectivity index (χ0n) is 20.9. The van der Waals surface area contributed by atoms with E-state index in [0.717, 1.165) is 23.2 Å². The number of hydrogen-bond donors (Lipinski definition) is 4. The summed E-state index contributed by atoms with van der Waals surface area (Å²) in [6.45, 7) is -0.192. The molecular weight excluding hydrogens is 500 g/mol. The average Bonchev–Trinajstić information content (AvgIpc) is 2.82. The zero-order chi connectivity index (χ0) is 24.1. The molecule has 0 aromatic heterocycles. The lowest BCUT2D eigenvalue weighted by molar-refractivity contribution is -0.131. The summed E-state index contributed by atoms with van der Waals surface area (Å²) in [7, 11) is 0. The minimum Gasteiger partial charge on any atom is -0.412 e. The number of amides is 3. The third-order valence-electron chi connectivity index (χ3n) is 7.86. The molecule has 1 aromatic rings. The van der Waals surface area contributed by atoms with Gasteiger partial charge in [-0.15, -0.1) is 12.4 Å². The third kappa shape index (κ3) is 7.84. The van der Waals surface area contributed by atoms with E-state index in [1.165, 1.54) is 32.1 Å². The smallest absolute Gasteiger partial charge is 0.243 e. The van der Waals surface area contributed by atoms with E-state index < -0.39 is 12.1 Å². The zero-order valence-corrected chi connectivity index (χ0v) is 22.5. The highest BCUT2D eigenvalue weighted by Gasteiger charge is 2.49. The molecule has 0 radical (unpaired) electrons. The molecule has 0 heterocycles. The number of carbonyl (C=O) groups excluding carboxylic acids is 3. The normalized spacial score (nSPS) is 27.1. The Labute approximate surface area is 224 Å². The molecule has 1 aromatic carbocycles. The molecule has 36 heavy (non-hydrogen) atoms. The molecule has 0 aliphatic heterocycles. The van der Waals surface area contributed by atoms with Crippen molar-refractivity contribution < 1.29 is 19.9 Å². The van der Waals surface area contributed by atoms with E-state index in [1.54, 1.807) is 11.8 Å². The van der Waals surface area contributed by atoms with Gasteiger partial charge >= 0.3 is 0 Å². The van der Waals surface area contributed by atoms with Gasteiger partial charge in [-0.1, -0.05) is 30.3 Å². The van der Waals surface area contributed by atoms with Crippen LogP contribution in [-0.4, -0.2) is 59.9 Å². The predicted molar refractivity (Wildman–Crippen MR) is 146 cm³/mol. The molecule has 7 N–H and O–H groups in total. The lowest BCUT2D eigenvalue weighted by Gasteiger charge is -2.54. The maximum atomic E-state index is 13.4. The van der Waals surface area contributed by atoms with Gasteiger partial charge < -0.3 is 27.2 Å². The van der Waals surface area contributed by atoms with Crippen molar-refractivity contribution in [1.82, 2.24) is 16.0 Å². The van der Waals surface area contributed by atoms with Gasteiger partial charge in [0.15, 0.2) is 0 Å². The Morgan fingerprint density at radius 1 is 1.00 bits per heavy atom. The van der Waals surface area contributed by atoms with Crippen LogP contribution in [0.2, 0.25) is 0 Å². The average molecular weight is 541 g/mol. The Hall–Kier alpha value is -1.81. The summed E-state index contributed by atoms with van der Waals surface area (Å²) in [5, 5.41) is 8.80. The number of nitrogens with one attached hydrogen (secondary N) is 3. The quantitative estimate of drug-likeness (QED) is 0.335. The first-order chi connectivity index (χ1) is 16.4. The molecule has 0 saturated heterocycles. The van der Waals surface area contributed by atoms with Gasteiger partial charge in [-0.05, 0) is 79.8 Å². The van der Waals surface area contributed by atoms with Crippen LogP contribution in [-0.2, 0) is 20.8 Å². The van der Waals surface area contributed by atoms with E-state index in [-0.39, 0.29) is 48.2 Å². The minimum absolute atomic E-state index is 0. The molecule has 202 valence electrons. The van der Waals surface area contributed by atoms with E-state index in [1.807, 2.05) is 36.6 Å². The van der Waals surface area contributed by atoms with Crippen LogP contribution in [0.15, 0.2) is 30.3 Å². The molecule has 8 nitrogen and oxygen atoms in total. The van der Waals surface area contributed by atoms with Crippen LogP contribution in [0, 0.1) is 23.7 Å². The van der Waals surface area contributed by atoms with Crippen molar-refractivity contribution in [3.63, 3.8) is 0 Å². The molecule has 4 fully saturated rings. The summed E-state index contributed by atoms with van der Waals surface area (Å²) in [6, 6.07) is 8.60. The van der Waals surface area contributed by atoms with Crippen LogP contribution in [0.3, 0.4) is 0 Å². The number of nitrogens with two attached hydrogens (primary N) is 1. The molecule has 4 aliphatic rings. The highest BCUT2D eigenvalue weighted by atomic mass is 35.5. The molecule has 0 spiro atoms. The second kappa shape index (κ2) is 14.2. The molecule has 4 bridgehead atoms. The van der Waals surface area contributed by atoms with Crippen molar-refractivity contribution in [3.05, 3.63) is 35.9 Å². The van der Waals surface area contributed by atoms with Crippen molar-refractivity contribution in [3.8, 4) is 0 Å². The lowest BCUT2D eigenvalue weighted by Crippen LogP contribution is -2.59. The minimum atomic E-state index is -0.686. The maximum absolute atomic E-state index is 13.4. The van der Waals surface area contributed by atoms with Crippen molar-refractivity contribution in [2.24, 2.45) is 29.4 Å². The Bertz CT molecular complexity index is 847. The molecule has 10 heteroatoms. The number of halogens is 1. The second-order valence-corrected chi connectivity index (χ2v) is 11.4. The Balaban J connectivity index is 0.00000228. The lowest BCUT2D eigenvalue weighted by atomic mass is 9.54. The van der Waals surface area contributed by atoms with Gasteiger partial charge in [0.1, 0.15) is 6.04 Å². The molecule has 5 rings (SSSR count). The molecule has 2 atom stereocenters. The van der Waals surface area contributed by atoms with Gasteiger partial charge in [-0.2, -0.15) is 11.8 Å². The number of carbonyl (C=O) groups is 3. The van der Waals surface area contributed by atoms with Crippen LogP contribution >= 0.6 is 24.2 Å². The van der Waals surface area contributed by atoms with Crippen LogP contribution < -0.4 is 21.7 Å². The van der Waals surface area contributed by atoms with E-state index in [4.69, 9.17) is 5.73 Å². The molecule has 0 unspecified atom stereocenters. The monoisotopic (exact) mass is 540 g/mol. The van der Waals surface area contributed by atoms with Gasteiger partial charge in [0.05, 0.1) is 12.6 Å². The fourth-order valence-electron chi connectivity index (χ4n) is 6.40. The summed E-state index contributed by atoms with van der Waals surface area (Å²) in [6.07, 6.45) is 9.16. The highest BCUT2D eigenvalue weighted by Crippen LogP contribution is 2.53. The Morgan fingerprint density at radius 2 is 1.61 bits per heavy atom. The highest BCUT2D eigenvalue weighted by molar-refractivity contribution is 7.98. The van der Waals surface area contributed by atoms with Crippen molar-refractivity contribution in [2.75, 3.05) is 18.6 Å². The predicted octanol–water partition coefficient (Wildman–Crippen LogP) is 1.45. The van der Waals surface area contributed by atoms with Crippen molar-refractivity contribution in [2.45, 2.75) is 63.1 Å². The van der Waals surface area contributed by atoms with Gasteiger partial charge in [0.2, 0.25) is 17.7 Å². The SMILES string of the molecule is CSCC[C@@H](N)C(=O)NCC(=O)N[C@@H](Cc1ccccc1)C(=O)NC1C2CC3CC(C2)CC1C3.Cl.O. The van der Waals surface area contributed by atoms with Gasteiger partial charge in [0, 0.05) is 12.5 Å². The molecule has 4 saturated carbocycles. The number of hydrogen-bond acceptors (Lipinski definition) is 5. The Kier molecular flexibility index (Phi) is 12.0. The van der Waals surface area contributed by atoms with Gasteiger partial charge in [-0.3, -0.25) is 14.4 Å². The standard InChI is InChI=1S/C26H38N4O3S.ClH.H2O/c1-34-8-7-21(27)25(32)28-15-23(31)29-22(14-16-5-3-2-4-6-16)26(33)30-24-19-10-17-9-18(12-19)13-20(24)11-17;;/h2-6,17-22,24H,7-15,27H2,1H3,(H,28,32)(H,29,31)(H,30,33);1H;1H2/t17?,18?,19?,20?,21-,22+,24?;;/m1../s1. The maximum Gasteiger partial charge on any atom is 0.243 e. The Morgan fingerprint density at radius 3 is 2.19 bits per heavy atom. The van der Waals surface area contributed by atoms with E-state index in [2.05, 4.69) is 16.0 Å². The second-order valence-electron chi connectivity index (χ2n) is 10.4. The summed E-state index contributed by atoms with van der Waals surface area (Å²) in [4.78, 5) is 38.2. The van der Waals surface area contributed by atoms with Crippen LogP contribution in [0.5, 0.6) is 0 Å². The van der Waals surface area contributed by atoms with Crippen LogP contribution in [0.1, 0.15) is 44.1 Å². The molecule has 3 amide bonds. The first-order valence-electron chi connectivity index (χ1n) is 12.6. The third-order valence-corrected chi connectivity index (χ3v) is 8.51. The van der Waals surface area contributed by atoms with Crippen LogP contribution in [0.4, 0.5) is 0 Å². The van der Waals surface area contributed by atoms with E-state index >= 15 is 0 Å². The fraction of sp³-hybridized carbons (Fsp3) is 0.654. The number of thioether (sulfide) groups is 1. The molecular formula is C26H41ClN4O4S. The largest absolute Gasteiger partial charge is 0.412 e. The van der Waals surface area contributed by atoms with E-state index in [0.29, 0.717) is 24.7 Å². The first-order valence-corrected chi connectivity index (χ1v) is 14.0. The summed E-state index contributed by atoms with van der Waals surface area (Å²) < 4.78 is 0. The van der Waals surface area contributed by atoms with Crippen LogP contribution in [0.25, 0.3) is 0 Å². The molecule has 4 aliphatic carbocycles. The number of rotatable bonds is 11. The first kappa shape index (κ1) is 30.4. The van der Waals surface area contributed by atoms with Crippen molar-refractivity contribution in [1.29, 1.82) is 0 Å². The summed E-state index contributed by atoms with van der Waals surface area (Å²) in [5.74, 6) is 2.73. The van der Waals surface area contributed by atoms with Crippen molar-refractivity contribution >= 4 is 41.9 Å². The summed E-state index contributed by atoms with van der Waals surface area (Å²) in [5.41, 5.74) is 6.86. The van der Waals surface area contributed by atoms with Gasteiger partial charge in [-0.25, -0.2) is 0 Å². The topological polar surface area (TPSA) is 145 Å².